The van der Waals surface area contributed by atoms with Crippen molar-refractivity contribution in [2.24, 2.45) is 17.8 Å². The Labute approximate surface area is 73.2 Å². The van der Waals surface area contributed by atoms with Gasteiger partial charge in [0.2, 0.25) is 0 Å². The van der Waals surface area contributed by atoms with Gasteiger partial charge in [0.1, 0.15) is 12.6 Å². The van der Waals surface area contributed by atoms with Gasteiger partial charge in [0.25, 0.3) is 0 Å². The molecule has 3 nitrogen and oxygen atoms in total. The van der Waals surface area contributed by atoms with Gasteiger partial charge in [-0.1, -0.05) is 13.8 Å². The molecule has 2 aliphatic rings. The summed E-state index contributed by atoms with van der Waals surface area (Å²) in [5.41, 5.74) is 0. The highest BCUT2D eigenvalue weighted by atomic mass is 16.9. The molecule has 12 heavy (non-hydrogen) atoms. The van der Waals surface area contributed by atoms with Crippen molar-refractivity contribution in [3.8, 4) is 0 Å². The van der Waals surface area contributed by atoms with Crippen LogP contribution in [0.5, 0.6) is 0 Å². The first-order chi connectivity index (χ1) is 5.74. The summed E-state index contributed by atoms with van der Waals surface area (Å²) in [6, 6.07) is 0.241. The van der Waals surface area contributed by atoms with Gasteiger partial charge in [-0.25, -0.2) is 10.1 Å². The molecule has 0 amide bonds. The first-order valence-corrected chi connectivity index (χ1v) is 4.90. The smallest absolute Gasteiger partial charge is 0.125 e. The fraction of sp³-hybridized carbons (Fsp3) is 1.00. The molecule has 2 rings (SSSR count). The van der Waals surface area contributed by atoms with Crippen LogP contribution < -0.4 is 5.23 Å². The molecule has 1 N–H and O–H groups in total. The largest absolute Gasteiger partial charge is 0.600 e. The Kier molecular flexibility index (Phi) is 2.10. The average Bonchev–Trinajstić information content (AvgIpc) is 2.56. The zero-order chi connectivity index (χ0) is 8.72. The van der Waals surface area contributed by atoms with Crippen molar-refractivity contribution in [3.63, 3.8) is 0 Å². The van der Waals surface area contributed by atoms with Crippen molar-refractivity contribution >= 4 is 0 Å². The molecule has 1 heterocycles. The molecule has 5 unspecified atom stereocenters. The molecule has 5 atom stereocenters. The second-order valence-corrected chi connectivity index (χ2v) is 4.20. The van der Waals surface area contributed by atoms with E-state index in [1.54, 1.807) is 0 Å². The summed E-state index contributed by atoms with van der Waals surface area (Å²) in [4.78, 5) is 5.08. The summed E-state index contributed by atoms with van der Waals surface area (Å²) in [7, 11) is 0. The third-order valence-electron chi connectivity index (χ3n) is 3.59. The van der Waals surface area contributed by atoms with Crippen LogP contribution in [-0.2, 0) is 4.84 Å². The predicted molar refractivity (Wildman–Crippen MR) is 45.1 cm³/mol. The molecule has 0 aromatic rings. The van der Waals surface area contributed by atoms with E-state index < -0.39 is 0 Å². The minimum Gasteiger partial charge on any atom is -0.600 e. The summed E-state index contributed by atoms with van der Waals surface area (Å²) in [5, 5.41) is 11.4. The zero-order valence-electron chi connectivity index (χ0n) is 7.75. The summed E-state index contributed by atoms with van der Waals surface area (Å²) < 4.78 is 0. The number of hydroxylamine groups is 2. The van der Waals surface area contributed by atoms with Crippen molar-refractivity contribution in [1.82, 2.24) is 0 Å². The van der Waals surface area contributed by atoms with Crippen LogP contribution >= 0.6 is 0 Å². The molecule has 1 saturated heterocycles. The molecular formula is C9H17NO2. The fourth-order valence-electron chi connectivity index (χ4n) is 2.83. The molecule has 1 saturated carbocycles. The summed E-state index contributed by atoms with van der Waals surface area (Å²) in [5.74, 6) is 1.81. The van der Waals surface area contributed by atoms with Gasteiger partial charge in [0.15, 0.2) is 0 Å². The maximum absolute atomic E-state index is 11.3. The third-order valence-corrected chi connectivity index (χ3v) is 3.59. The topological polar surface area (TPSA) is 36.7 Å². The van der Waals surface area contributed by atoms with E-state index in [1.807, 2.05) is 0 Å². The van der Waals surface area contributed by atoms with E-state index in [-0.39, 0.29) is 11.3 Å². The molecule has 70 valence electrons. The first kappa shape index (κ1) is 8.48. The number of fused-ring (bicyclic) bond motifs is 1. The monoisotopic (exact) mass is 171 g/mol. The Balaban J connectivity index is 2.13. The molecule has 0 aromatic heterocycles. The van der Waals surface area contributed by atoms with Gasteiger partial charge >= 0.3 is 0 Å². The number of quaternary nitrogens is 1. The lowest BCUT2D eigenvalue weighted by molar-refractivity contribution is -1.06. The maximum Gasteiger partial charge on any atom is 0.125 e. The van der Waals surface area contributed by atoms with E-state index in [4.69, 9.17) is 4.84 Å². The van der Waals surface area contributed by atoms with Gasteiger partial charge in [0, 0.05) is 11.8 Å². The van der Waals surface area contributed by atoms with E-state index in [0.717, 1.165) is 6.42 Å². The van der Waals surface area contributed by atoms with Crippen LogP contribution in [0.2, 0.25) is 0 Å². The fourth-order valence-corrected chi connectivity index (χ4v) is 2.83. The normalized spacial score (nSPS) is 52.8. The lowest BCUT2D eigenvalue weighted by Gasteiger charge is -2.24. The molecule has 0 aromatic carbocycles. The highest BCUT2D eigenvalue weighted by Crippen LogP contribution is 2.38. The second-order valence-electron chi connectivity index (χ2n) is 4.20. The van der Waals surface area contributed by atoms with Gasteiger partial charge in [-0.15, -0.1) is 0 Å². The zero-order valence-corrected chi connectivity index (χ0v) is 7.75. The number of rotatable bonds is 1. The van der Waals surface area contributed by atoms with Crippen LogP contribution in [0.15, 0.2) is 0 Å². The average molecular weight is 171 g/mol. The van der Waals surface area contributed by atoms with Gasteiger partial charge in [0.05, 0.1) is 0 Å². The van der Waals surface area contributed by atoms with Crippen LogP contribution in [-0.4, -0.2) is 12.6 Å². The van der Waals surface area contributed by atoms with E-state index in [0.29, 0.717) is 24.4 Å². The van der Waals surface area contributed by atoms with Crippen LogP contribution in [0.3, 0.4) is 0 Å². The molecule has 2 fully saturated rings. The standard InChI is InChI=1S/C9H17NO2/c1-3-7-4-6(2)8-5-12-10(11)9(7)8/h6-10H,3-5H2,1-2H3. The van der Waals surface area contributed by atoms with Gasteiger partial charge in [-0.05, 0) is 18.8 Å². The lowest BCUT2D eigenvalue weighted by atomic mass is 9.96. The Morgan fingerprint density at radius 2 is 2.33 bits per heavy atom. The summed E-state index contributed by atoms with van der Waals surface area (Å²) >= 11 is 0. The van der Waals surface area contributed by atoms with E-state index in [2.05, 4.69) is 13.8 Å². The Morgan fingerprint density at radius 3 is 3.00 bits per heavy atom. The minimum absolute atomic E-state index is 0.0659. The molecular weight excluding hydrogens is 154 g/mol. The van der Waals surface area contributed by atoms with Crippen molar-refractivity contribution in [3.05, 3.63) is 5.21 Å². The highest BCUT2D eigenvalue weighted by Gasteiger charge is 2.49. The van der Waals surface area contributed by atoms with Crippen LogP contribution in [0, 0.1) is 23.0 Å². The van der Waals surface area contributed by atoms with Crippen molar-refractivity contribution in [2.45, 2.75) is 32.7 Å². The van der Waals surface area contributed by atoms with Gasteiger partial charge < -0.3 is 5.21 Å². The van der Waals surface area contributed by atoms with Crippen molar-refractivity contribution in [1.29, 1.82) is 0 Å². The Bertz CT molecular complexity index is 174. The molecule has 0 spiro atoms. The molecule has 3 heteroatoms. The van der Waals surface area contributed by atoms with E-state index in [9.17, 15) is 5.21 Å². The summed E-state index contributed by atoms with van der Waals surface area (Å²) in [6.07, 6.45) is 2.35. The molecule has 0 bridgehead atoms. The third kappa shape index (κ3) is 1.08. The molecule has 0 radical (unpaired) electrons. The molecule has 1 aliphatic carbocycles. The van der Waals surface area contributed by atoms with Crippen LogP contribution in [0.1, 0.15) is 26.7 Å². The predicted octanol–water partition coefficient (Wildman–Crippen LogP) is 0.365. The van der Waals surface area contributed by atoms with Crippen molar-refractivity contribution < 1.29 is 10.1 Å². The number of nitrogens with one attached hydrogen (secondary N) is 1. The minimum atomic E-state index is 0.0659. The first-order valence-electron chi connectivity index (χ1n) is 4.90. The van der Waals surface area contributed by atoms with Crippen molar-refractivity contribution in [2.75, 3.05) is 6.61 Å². The van der Waals surface area contributed by atoms with Crippen LogP contribution in [0.25, 0.3) is 0 Å². The maximum atomic E-state index is 11.3. The highest BCUT2D eigenvalue weighted by molar-refractivity contribution is 4.89. The second kappa shape index (κ2) is 2.98. The Morgan fingerprint density at radius 1 is 1.58 bits per heavy atom. The number of hydrogen-bond donors (Lipinski definition) is 1. The quantitative estimate of drug-likeness (QED) is 0.578. The van der Waals surface area contributed by atoms with E-state index in [1.165, 1.54) is 6.42 Å². The van der Waals surface area contributed by atoms with Crippen LogP contribution in [0.4, 0.5) is 0 Å². The molecule has 1 aliphatic heterocycles. The SMILES string of the molecule is CCC1CC(C)C2CO[NH+]([O-])C12. The Hall–Kier alpha value is -0.120. The summed E-state index contributed by atoms with van der Waals surface area (Å²) in [6.45, 7) is 5.10. The van der Waals surface area contributed by atoms with E-state index >= 15 is 0 Å². The number of hydrogen-bond acceptors (Lipinski definition) is 2. The van der Waals surface area contributed by atoms with Gasteiger partial charge in [-0.2, -0.15) is 0 Å². The van der Waals surface area contributed by atoms with Gasteiger partial charge in [-0.3, -0.25) is 0 Å². The lowest BCUT2D eigenvalue weighted by Crippen LogP contribution is -3.08.